The lowest BCUT2D eigenvalue weighted by atomic mass is 9.93. The summed E-state index contributed by atoms with van der Waals surface area (Å²) in [5.41, 5.74) is 5.69. The molecule has 0 bridgehead atoms. The molecule has 2 unspecified atom stereocenters. The molecule has 0 spiro atoms. The standard InChI is InChI=1S/C10H15N3O2/c1-6-10(11,4-5-14-6)9-12-8(15-13-9)7-2-3-7/h6-7H,2-5,11H2,1H3. The second kappa shape index (κ2) is 3.02. The van der Waals surface area contributed by atoms with Crippen LogP contribution in [0.1, 0.15) is 43.8 Å². The van der Waals surface area contributed by atoms with Crippen LogP contribution in [0.4, 0.5) is 0 Å². The Labute approximate surface area is 88.0 Å². The molecule has 2 heterocycles. The smallest absolute Gasteiger partial charge is 0.229 e. The first-order valence-corrected chi connectivity index (χ1v) is 5.45. The van der Waals surface area contributed by atoms with Crippen LogP contribution in [-0.4, -0.2) is 22.9 Å². The highest BCUT2D eigenvalue weighted by Gasteiger charge is 2.44. The first kappa shape index (κ1) is 9.30. The zero-order chi connectivity index (χ0) is 10.5. The lowest BCUT2D eigenvalue weighted by Gasteiger charge is -2.22. The third kappa shape index (κ3) is 1.38. The molecule has 5 heteroatoms. The Morgan fingerprint density at radius 3 is 2.87 bits per heavy atom. The second-order valence-electron chi connectivity index (χ2n) is 4.53. The lowest BCUT2D eigenvalue weighted by Crippen LogP contribution is -2.43. The second-order valence-corrected chi connectivity index (χ2v) is 4.53. The van der Waals surface area contributed by atoms with Gasteiger partial charge in [-0.2, -0.15) is 4.98 Å². The summed E-state index contributed by atoms with van der Waals surface area (Å²) < 4.78 is 10.7. The predicted octanol–water partition coefficient (Wildman–Crippen LogP) is 0.910. The van der Waals surface area contributed by atoms with Crippen molar-refractivity contribution in [1.29, 1.82) is 0 Å². The summed E-state index contributed by atoms with van der Waals surface area (Å²) >= 11 is 0. The number of ether oxygens (including phenoxy) is 1. The van der Waals surface area contributed by atoms with Gasteiger partial charge in [-0.25, -0.2) is 0 Å². The van der Waals surface area contributed by atoms with Gasteiger partial charge >= 0.3 is 0 Å². The first-order chi connectivity index (χ1) is 7.20. The van der Waals surface area contributed by atoms with E-state index in [1.165, 1.54) is 0 Å². The molecule has 1 aromatic rings. The van der Waals surface area contributed by atoms with E-state index in [-0.39, 0.29) is 6.10 Å². The van der Waals surface area contributed by atoms with Crippen molar-refractivity contribution in [3.8, 4) is 0 Å². The molecular formula is C10H15N3O2. The van der Waals surface area contributed by atoms with E-state index in [4.69, 9.17) is 15.0 Å². The van der Waals surface area contributed by atoms with E-state index in [0.717, 1.165) is 25.2 Å². The van der Waals surface area contributed by atoms with Crippen LogP contribution in [0.15, 0.2) is 4.52 Å². The zero-order valence-corrected chi connectivity index (χ0v) is 8.77. The number of hydrogen-bond donors (Lipinski definition) is 1. The number of aromatic nitrogens is 2. The topological polar surface area (TPSA) is 74.2 Å². The van der Waals surface area contributed by atoms with E-state index in [2.05, 4.69) is 10.1 Å². The van der Waals surface area contributed by atoms with Gasteiger partial charge in [-0.3, -0.25) is 0 Å². The zero-order valence-electron chi connectivity index (χ0n) is 8.77. The predicted molar refractivity (Wildman–Crippen MR) is 52.2 cm³/mol. The van der Waals surface area contributed by atoms with Crippen LogP contribution in [0.5, 0.6) is 0 Å². The monoisotopic (exact) mass is 209 g/mol. The Morgan fingerprint density at radius 1 is 1.47 bits per heavy atom. The maximum atomic E-state index is 6.25. The highest BCUT2D eigenvalue weighted by atomic mass is 16.5. The summed E-state index contributed by atoms with van der Waals surface area (Å²) in [6, 6.07) is 0. The molecule has 0 radical (unpaired) electrons. The largest absolute Gasteiger partial charge is 0.376 e. The molecule has 1 aliphatic carbocycles. The van der Waals surface area contributed by atoms with Crippen LogP contribution in [0.25, 0.3) is 0 Å². The third-order valence-electron chi connectivity index (χ3n) is 3.39. The number of rotatable bonds is 2. The van der Waals surface area contributed by atoms with Crippen LogP contribution in [0.3, 0.4) is 0 Å². The lowest BCUT2D eigenvalue weighted by molar-refractivity contribution is 0.0918. The number of hydrogen-bond acceptors (Lipinski definition) is 5. The summed E-state index contributed by atoms with van der Waals surface area (Å²) in [5, 5.41) is 3.99. The summed E-state index contributed by atoms with van der Waals surface area (Å²) in [6.07, 6.45) is 3.04. The Balaban J connectivity index is 1.90. The van der Waals surface area contributed by atoms with Gasteiger partial charge in [0.15, 0.2) is 5.82 Å². The SMILES string of the molecule is CC1OCCC1(N)c1noc(C2CC2)n1. The van der Waals surface area contributed by atoms with Gasteiger partial charge in [0.1, 0.15) is 5.54 Å². The summed E-state index contributed by atoms with van der Waals surface area (Å²) in [6.45, 7) is 2.63. The summed E-state index contributed by atoms with van der Waals surface area (Å²) in [4.78, 5) is 4.39. The van der Waals surface area contributed by atoms with E-state index in [1.807, 2.05) is 6.92 Å². The molecule has 1 aromatic heterocycles. The van der Waals surface area contributed by atoms with Gasteiger partial charge in [-0.1, -0.05) is 5.16 Å². The molecule has 82 valence electrons. The van der Waals surface area contributed by atoms with Crippen molar-refractivity contribution < 1.29 is 9.26 Å². The molecule has 1 aliphatic heterocycles. The molecule has 0 aromatic carbocycles. The fourth-order valence-corrected chi connectivity index (χ4v) is 1.97. The Hall–Kier alpha value is -0.940. The molecule has 2 N–H and O–H groups in total. The van der Waals surface area contributed by atoms with Gasteiger partial charge in [0.05, 0.1) is 6.10 Å². The molecule has 15 heavy (non-hydrogen) atoms. The van der Waals surface area contributed by atoms with E-state index in [1.54, 1.807) is 0 Å². The van der Waals surface area contributed by atoms with Crippen molar-refractivity contribution in [1.82, 2.24) is 10.1 Å². The van der Waals surface area contributed by atoms with Gasteiger partial charge < -0.3 is 15.0 Å². The first-order valence-electron chi connectivity index (χ1n) is 5.45. The highest BCUT2D eigenvalue weighted by molar-refractivity contribution is 5.12. The minimum atomic E-state index is -0.559. The number of nitrogens with zero attached hydrogens (tertiary/aromatic N) is 2. The van der Waals surface area contributed by atoms with E-state index >= 15 is 0 Å². The van der Waals surface area contributed by atoms with E-state index < -0.39 is 5.54 Å². The van der Waals surface area contributed by atoms with Gasteiger partial charge in [0.25, 0.3) is 0 Å². The Kier molecular flexibility index (Phi) is 1.87. The fourth-order valence-electron chi connectivity index (χ4n) is 1.97. The van der Waals surface area contributed by atoms with Gasteiger partial charge in [0, 0.05) is 12.5 Å². The molecule has 2 aliphatic rings. The minimum absolute atomic E-state index is 0.0397. The Bertz CT molecular complexity index is 374. The molecule has 5 nitrogen and oxygen atoms in total. The van der Waals surface area contributed by atoms with E-state index in [9.17, 15) is 0 Å². The average molecular weight is 209 g/mol. The van der Waals surface area contributed by atoms with Gasteiger partial charge in [-0.05, 0) is 26.2 Å². The molecule has 2 fully saturated rings. The van der Waals surface area contributed by atoms with Crippen LogP contribution in [0.2, 0.25) is 0 Å². The summed E-state index contributed by atoms with van der Waals surface area (Å²) in [5.74, 6) is 1.83. The van der Waals surface area contributed by atoms with Crippen molar-refractivity contribution in [2.24, 2.45) is 5.73 Å². The molecule has 0 amide bonds. The quantitative estimate of drug-likeness (QED) is 0.783. The van der Waals surface area contributed by atoms with Crippen LogP contribution in [-0.2, 0) is 10.3 Å². The maximum absolute atomic E-state index is 6.25. The maximum Gasteiger partial charge on any atom is 0.229 e. The normalized spacial score (nSPS) is 36.0. The van der Waals surface area contributed by atoms with E-state index in [0.29, 0.717) is 18.3 Å². The number of nitrogens with two attached hydrogens (primary N) is 1. The molecule has 1 saturated heterocycles. The van der Waals surface area contributed by atoms with Gasteiger partial charge in [-0.15, -0.1) is 0 Å². The van der Waals surface area contributed by atoms with Crippen molar-refractivity contribution in [2.75, 3.05) is 6.61 Å². The van der Waals surface area contributed by atoms with Crippen LogP contribution < -0.4 is 5.73 Å². The van der Waals surface area contributed by atoms with Crippen molar-refractivity contribution in [3.63, 3.8) is 0 Å². The molecule has 3 rings (SSSR count). The minimum Gasteiger partial charge on any atom is -0.376 e. The highest BCUT2D eigenvalue weighted by Crippen LogP contribution is 2.40. The van der Waals surface area contributed by atoms with Crippen LogP contribution in [0, 0.1) is 0 Å². The average Bonchev–Trinajstić information content (AvgIpc) is 2.85. The summed E-state index contributed by atoms with van der Waals surface area (Å²) in [7, 11) is 0. The van der Waals surface area contributed by atoms with Crippen molar-refractivity contribution >= 4 is 0 Å². The Morgan fingerprint density at radius 2 is 2.27 bits per heavy atom. The van der Waals surface area contributed by atoms with Gasteiger partial charge in [0.2, 0.25) is 5.89 Å². The molecular weight excluding hydrogens is 194 g/mol. The van der Waals surface area contributed by atoms with Crippen molar-refractivity contribution in [3.05, 3.63) is 11.7 Å². The van der Waals surface area contributed by atoms with Crippen molar-refractivity contribution in [2.45, 2.75) is 43.7 Å². The fraction of sp³-hybridized carbons (Fsp3) is 0.800. The molecule has 2 atom stereocenters. The molecule has 1 saturated carbocycles. The van der Waals surface area contributed by atoms with Crippen LogP contribution >= 0.6 is 0 Å². The third-order valence-corrected chi connectivity index (χ3v) is 3.39.